The van der Waals surface area contributed by atoms with Gasteiger partial charge in [0.25, 0.3) is 11.8 Å². The van der Waals surface area contributed by atoms with Crippen LogP contribution in [-0.4, -0.2) is 52.0 Å². The number of benzene rings is 2. The Bertz CT molecular complexity index is 1150. The minimum absolute atomic E-state index is 0.0154. The Kier molecular flexibility index (Phi) is 7.81. The van der Waals surface area contributed by atoms with Crippen molar-refractivity contribution in [2.75, 3.05) is 18.4 Å². The lowest BCUT2D eigenvalue weighted by molar-refractivity contribution is -0.121. The number of hydrogen-bond acceptors (Lipinski definition) is 6. The van der Waals surface area contributed by atoms with Gasteiger partial charge in [-0.3, -0.25) is 19.2 Å². The number of thioether (sulfide) groups is 1. The van der Waals surface area contributed by atoms with E-state index in [0.717, 1.165) is 25.9 Å². The zero-order chi connectivity index (χ0) is 24.8. The molecule has 1 saturated heterocycles. The summed E-state index contributed by atoms with van der Waals surface area (Å²) in [7, 11) is 0. The summed E-state index contributed by atoms with van der Waals surface area (Å²) in [4.78, 5) is 55.9. The highest BCUT2D eigenvalue weighted by Crippen LogP contribution is 2.29. The molecule has 9 nitrogen and oxygen atoms in total. The van der Waals surface area contributed by atoms with Gasteiger partial charge >= 0.3 is 0 Å². The van der Waals surface area contributed by atoms with E-state index in [0.29, 0.717) is 16.4 Å². The highest BCUT2D eigenvalue weighted by atomic mass is 32.2. The minimum Gasteiger partial charge on any atom is -0.368 e. The first kappa shape index (κ1) is 24.5. The molecule has 2 atom stereocenters. The molecule has 0 bridgehead atoms. The average Bonchev–Trinajstić information content (AvgIpc) is 3.23. The number of carbonyl (C=O) groups is 4. The van der Waals surface area contributed by atoms with Gasteiger partial charge in [-0.1, -0.05) is 48.2 Å². The van der Waals surface area contributed by atoms with Gasteiger partial charge in [-0.15, -0.1) is 0 Å². The maximum absolute atomic E-state index is 12.8. The molecule has 2 aromatic carbocycles. The molecule has 4 rings (SSSR count). The third-order valence-electron chi connectivity index (χ3n) is 5.83. The number of nitrogens with two attached hydrogens (primary N) is 1. The van der Waals surface area contributed by atoms with Crippen molar-refractivity contribution >= 4 is 46.2 Å². The van der Waals surface area contributed by atoms with Crippen LogP contribution in [0.4, 0.5) is 5.69 Å². The molecule has 182 valence electrons. The number of nitrogens with zero attached hydrogens (tertiary/aromatic N) is 2. The number of rotatable bonds is 7. The van der Waals surface area contributed by atoms with E-state index in [9.17, 15) is 19.2 Å². The molecule has 0 aromatic heterocycles. The lowest BCUT2D eigenvalue weighted by Gasteiger charge is -2.27. The number of nitrogens with one attached hydrogen (secondary N) is 2. The summed E-state index contributed by atoms with van der Waals surface area (Å²) in [5.41, 5.74) is 6.72. The van der Waals surface area contributed by atoms with Gasteiger partial charge in [0, 0.05) is 30.8 Å². The fraction of sp³-hybridized carbons (Fsp3) is 0.320. The van der Waals surface area contributed by atoms with Gasteiger partial charge in [-0.25, -0.2) is 0 Å². The molecule has 0 radical (unpaired) electrons. The lowest BCUT2D eigenvalue weighted by atomic mass is 10.1. The van der Waals surface area contributed by atoms with E-state index in [1.165, 1.54) is 24.2 Å². The molecule has 1 fully saturated rings. The van der Waals surface area contributed by atoms with E-state index < -0.39 is 23.1 Å². The molecule has 0 unspecified atom stereocenters. The zero-order valence-electron chi connectivity index (χ0n) is 19.1. The van der Waals surface area contributed by atoms with Crippen LogP contribution in [0.1, 0.15) is 47.6 Å². The first-order chi connectivity index (χ1) is 16.9. The normalized spacial score (nSPS) is 18.5. The van der Waals surface area contributed by atoms with Gasteiger partial charge in [-0.2, -0.15) is 4.99 Å². The van der Waals surface area contributed by atoms with Gasteiger partial charge < -0.3 is 21.3 Å². The molecule has 2 heterocycles. The van der Waals surface area contributed by atoms with Crippen LogP contribution < -0.4 is 16.4 Å². The van der Waals surface area contributed by atoms with Crippen LogP contribution in [0, 0.1) is 0 Å². The van der Waals surface area contributed by atoms with Crippen molar-refractivity contribution in [3.05, 3.63) is 65.7 Å². The van der Waals surface area contributed by atoms with Crippen LogP contribution >= 0.6 is 11.8 Å². The molecular formula is C25H27N5O4S. The predicted octanol–water partition coefficient (Wildman–Crippen LogP) is 2.46. The maximum atomic E-state index is 12.8. The topological polar surface area (TPSA) is 134 Å². The molecule has 4 amide bonds. The number of aliphatic imine (C=N–C) groups is 1. The van der Waals surface area contributed by atoms with Crippen molar-refractivity contribution in [3.63, 3.8) is 0 Å². The van der Waals surface area contributed by atoms with E-state index in [-0.39, 0.29) is 23.8 Å². The third-order valence-corrected chi connectivity index (χ3v) is 7.04. The monoisotopic (exact) mass is 493 g/mol. The number of primary amides is 1. The fourth-order valence-corrected chi connectivity index (χ4v) is 5.14. The Balaban J connectivity index is 1.35. The zero-order valence-corrected chi connectivity index (χ0v) is 19.9. The quantitative estimate of drug-likeness (QED) is 0.543. The number of piperidine rings is 1. The van der Waals surface area contributed by atoms with E-state index in [2.05, 4.69) is 20.5 Å². The Morgan fingerprint density at radius 1 is 1.06 bits per heavy atom. The van der Waals surface area contributed by atoms with Crippen molar-refractivity contribution in [1.82, 2.24) is 10.2 Å². The molecule has 35 heavy (non-hydrogen) atoms. The summed E-state index contributed by atoms with van der Waals surface area (Å²) < 4.78 is 0. The largest absolute Gasteiger partial charge is 0.368 e. The second-order valence-corrected chi connectivity index (χ2v) is 9.61. The van der Waals surface area contributed by atoms with Crippen LogP contribution in [0.3, 0.4) is 0 Å². The SMILES string of the molecule is NC(=O)[C@H](NC(=O)c1cccc(NC(=O)C[C@@H]2SC(N3CCCCC3)=NC2=O)c1)c1ccccc1. The first-order valence-electron chi connectivity index (χ1n) is 11.5. The number of carbonyl (C=O) groups excluding carboxylic acids is 4. The minimum atomic E-state index is -0.985. The van der Waals surface area contributed by atoms with E-state index >= 15 is 0 Å². The smallest absolute Gasteiger partial charge is 0.262 e. The molecule has 0 aliphatic carbocycles. The summed E-state index contributed by atoms with van der Waals surface area (Å²) in [5.74, 6) is -1.83. The fourth-order valence-electron chi connectivity index (χ4n) is 4.03. The highest BCUT2D eigenvalue weighted by Gasteiger charge is 2.33. The van der Waals surface area contributed by atoms with E-state index in [1.54, 1.807) is 48.5 Å². The van der Waals surface area contributed by atoms with Crippen LogP contribution in [0.15, 0.2) is 59.6 Å². The number of hydrogen-bond donors (Lipinski definition) is 3. The second-order valence-electron chi connectivity index (χ2n) is 8.44. The molecule has 0 spiro atoms. The Morgan fingerprint density at radius 2 is 1.80 bits per heavy atom. The van der Waals surface area contributed by atoms with Gasteiger partial charge in [0.05, 0.1) is 0 Å². The van der Waals surface area contributed by atoms with Gasteiger partial charge in [0.15, 0.2) is 5.17 Å². The molecule has 2 aliphatic heterocycles. The number of amidine groups is 1. The van der Waals surface area contributed by atoms with Crippen LogP contribution in [0.25, 0.3) is 0 Å². The molecule has 2 aliphatic rings. The van der Waals surface area contributed by atoms with Crippen molar-refractivity contribution in [1.29, 1.82) is 0 Å². The molecule has 0 saturated carbocycles. The first-order valence-corrected chi connectivity index (χ1v) is 12.4. The highest BCUT2D eigenvalue weighted by molar-refractivity contribution is 8.15. The summed E-state index contributed by atoms with van der Waals surface area (Å²) >= 11 is 1.34. The molecule has 4 N–H and O–H groups in total. The van der Waals surface area contributed by atoms with Gasteiger partial charge in [0.2, 0.25) is 11.8 Å². The number of likely N-dealkylation sites (tertiary alicyclic amines) is 1. The Morgan fingerprint density at radius 3 is 2.51 bits per heavy atom. The Hall–Kier alpha value is -3.66. The Labute approximate surface area is 207 Å². The van der Waals surface area contributed by atoms with E-state index in [1.807, 2.05) is 0 Å². The maximum Gasteiger partial charge on any atom is 0.262 e. The standard InChI is InChI=1S/C25H27N5O4S/c26-22(32)21(16-8-3-1-4-9-16)28-23(33)17-10-7-11-18(14-17)27-20(31)15-19-24(34)29-25(35-19)30-12-5-2-6-13-30/h1,3-4,7-11,14,19,21H,2,5-6,12-13,15H2,(H2,26,32)(H,27,31)(H,28,33)/t19-,21+/m0/s1. The second kappa shape index (κ2) is 11.2. The summed E-state index contributed by atoms with van der Waals surface area (Å²) in [5, 5.41) is 5.53. The number of anilines is 1. The number of amides is 4. The van der Waals surface area contributed by atoms with Crippen molar-refractivity contribution in [2.45, 2.75) is 37.0 Å². The lowest BCUT2D eigenvalue weighted by Crippen LogP contribution is -2.37. The van der Waals surface area contributed by atoms with Crippen molar-refractivity contribution in [3.8, 4) is 0 Å². The van der Waals surface area contributed by atoms with Crippen LogP contribution in [0.5, 0.6) is 0 Å². The molecule has 10 heteroatoms. The van der Waals surface area contributed by atoms with Crippen LogP contribution in [-0.2, 0) is 14.4 Å². The molecule has 2 aromatic rings. The predicted molar refractivity (Wildman–Crippen MR) is 135 cm³/mol. The summed E-state index contributed by atoms with van der Waals surface area (Å²) in [6.07, 6.45) is 3.32. The van der Waals surface area contributed by atoms with Gasteiger partial charge in [0.1, 0.15) is 11.3 Å². The van der Waals surface area contributed by atoms with Gasteiger partial charge in [-0.05, 0) is 43.0 Å². The average molecular weight is 494 g/mol. The molecular weight excluding hydrogens is 466 g/mol. The van der Waals surface area contributed by atoms with Crippen molar-refractivity contribution < 1.29 is 19.2 Å². The van der Waals surface area contributed by atoms with E-state index in [4.69, 9.17) is 5.73 Å². The third kappa shape index (κ3) is 6.27. The summed E-state index contributed by atoms with van der Waals surface area (Å²) in [6, 6.07) is 14.1. The van der Waals surface area contributed by atoms with Crippen molar-refractivity contribution in [2.24, 2.45) is 10.7 Å². The van der Waals surface area contributed by atoms with Crippen LogP contribution in [0.2, 0.25) is 0 Å². The summed E-state index contributed by atoms with van der Waals surface area (Å²) in [6.45, 7) is 1.77.